The van der Waals surface area contributed by atoms with Gasteiger partial charge in [0.15, 0.2) is 0 Å². The third-order valence-corrected chi connectivity index (χ3v) is 4.15. The lowest BCUT2D eigenvalue weighted by Crippen LogP contribution is -2.27. The van der Waals surface area contributed by atoms with E-state index in [0.29, 0.717) is 28.8 Å². The Labute approximate surface area is 153 Å². The summed E-state index contributed by atoms with van der Waals surface area (Å²) in [5.41, 5.74) is 1.25. The normalized spacial score (nSPS) is 10.6. The number of hydrogen-bond acceptors (Lipinski definition) is 5. The van der Waals surface area contributed by atoms with Gasteiger partial charge >= 0.3 is 0 Å². The Bertz CT molecular complexity index is 1060. The van der Waals surface area contributed by atoms with Crippen molar-refractivity contribution in [3.8, 4) is 5.75 Å². The van der Waals surface area contributed by atoms with E-state index in [0.717, 1.165) is 5.39 Å². The zero-order chi connectivity index (χ0) is 19.4. The van der Waals surface area contributed by atoms with Gasteiger partial charge < -0.3 is 15.0 Å². The van der Waals surface area contributed by atoms with E-state index in [-0.39, 0.29) is 23.7 Å². The molecule has 2 N–H and O–H groups in total. The summed E-state index contributed by atoms with van der Waals surface area (Å²) in [5, 5.41) is 14.2. The molecule has 2 aromatic carbocycles. The van der Waals surface area contributed by atoms with Crippen LogP contribution in [0.1, 0.15) is 15.9 Å². The first-order valence-corrected chi connectivity index (χ1v) is 8.20. The quantitative estimate of drug-likeness (QED) is 0.513. The van der Waals surface area contributed by atoms with Crippen LogP contribution in [0.2, 0.25) is 0 Å². The third-order valence-electron chi connectivity index (χ3n) is 4.15. The second-order valence-corrected chi connectivity index (χ2v) is 5.89. The van der Waals surface area contributed by atoms with Crippen molar-refractivity contribution in [2.24, 2.45) is 0 Å². The van der Waals surface area contributed by atoms with Gasteiger partial charge in [-0.25, -0.2) is 0 Å². The summed E-state index contributed by atoms with van der Waals surface area (Å²) in [6.45, 7) is 0.264. The fourth-order valence-corrected chi connectivity index (χ4v) is 2.69. The number of carbonyl (C=O) groups is 1. The zero-order valence-corrected chi connectivity index (χ0v) is 14.5. The maximum absolute atomic E-state index is 12.2. The molecule has 0 atom stereocenters. The second-order valence-electron chi connectivity index (χ2n) is 5.89. The van der Waals surface area contributed by atoms with Crippen molar-refractivity contribution in [2.75, 3.05) is 13.7 Å². The summed E-state index contributed by atoms with van der Waals surface area (Å²) >= 11 is 0. The molecule has 0 saturated heterocycles. The predicted molar refractivity (Wildman–Crippen MR) is 100 cm³/mol. The number of nitrogens with zero attached hydrogens (tertiary/aromatic N) is 1. The Morgan fingerprint density at radius 1 is 1.19 bits per heavy atom. The number of carbonyl (C=O) groups excluding carboxylic acids is 1. The monoisotopic (exact) mass is 367 g/mol. The topological polar surface area (TPSA) is 114 Å². The van der Waals surface area contributed by atoms with Gasteiger partial charge in [0, 0.05) is 35.9 Å². The largest absolute Gasteiger partial charge is 0.497 e. The number of nitrogens with one attached hydrogen (secondary N) is 2. The maximum Gasteiger partial charge on any atom is 0.269 e. The molecular weight excluding hydrogens is 350 g/mol. The van der Waals surface area contributed by atoms with Crippen LogP contribution in [0.25, 0.3) is 10.9 Å². The van der Waals surface area contributed by atoms with E-state index in [4.69, 9.17) is 4.74 Å². The van der Waals surface area contributed by atoms with Gasteiger partial charge in [0.2, 0.25) is 0 Å². The van der Waals surface area contributed by atoms with Crippen molar-refractivity contribution in [3.05, 3.63) is 80.1 Å². The minimum absolute atomic E-state index is 0.0779. The average Bonchev–Trinajstić information content (AvgIpc) is 2.67. The maximum atomic E-state index is 12.2. The molecule has 8 nitrogen and oxygen atoms in total. The summed E-state index contributed by atoms with van der Waals surface area (Å²) in [4.78, 5) is 37.2. The molecule has 8 heteroatoms. The average molecular weight is 367 g/mol. The highest BCUT2D eigenvalue weighted by atomic mass is 16.6. The van der Waals surface area contributed by atoms with Gasteiger partial charge in [0.25, 0.3) is 17.2 Å². The van der Waals surface area contributed by atoms with Crippen molar-refractivity contribution < 1.29 is 14.5 Å². The molecule has 1 amide bonds. The van der Waals surface area contributed by atoms with Crippen LogP contribution in [0.15, 0.2) is 53.3 Å². The van der Waals surface area contributed by atoms with Crippen LogP contribution < -0.4 is 15.6 Å². The summed E-state index contributed by atoms with van der Waals surface area (Å²) < 4.78 is 5.14. The zero-order valence-electron chi connectivity index (χ0n) is 14.5. The number of H-pyrrole nitrogens is 1. The van der Waals surface area contributed by atoms with Crippen molar-refractivity contribution in [1.29, 1.82) is 0 Å². The molecule has 0 radical (unpaired) electrons. The van der Waals surface area contributed by atoms with Gasteiger partial charge in [-0.2, -0.15) is 0 Å². The summed E-state index contributed by atoms with van der Waals surface area (Å²) in [6.07, 6.45) is 0.357. The minimum Gasteiger partial charge on any atom is -0.497 e. The number of amides is 1. The van der Waals surface area contributed by atoms with Crippen molar-refractivity contribution in [3.63, 3.8) is 0 Å². The Morgan fingerprint density at radius 3 is 2.59 bits per heavy atom. The Hall–Kier alpha value is -3.68. The first-order valence-electron chi connectivity index (χ1n) is 8.20. The summed E-state index contributed by atoms with van der Waals surface area (Å²) in [6, 6.07) is 12.5. The number of non-ortho nitro benzene ring substituents is 1. The van der Waals surface area contributed by atoms with Gasteiger partial charge in [-0.15, -0.1) is 0 Å². The molecule has 0 spiro atoms. The van der Waals surface area contributed by atoms with E-state index in [2.05, 4.69) is 10.3 Å². The van der Waals surface area contributed by atoms with Crippen molar-refractivity contribution >= 4 is 22.5 Å². The highest BCUT2D eigenvalue weighted by Gasteiger charge is 2.10. The molecule has 0 saturated carbocycles. The number of aromatic nitrogens is 1. The lowest BCUT2D eigenvalue weighted by Gasteiger charge is -2.07. The molecule has 0 aliphatic carbocycles. The van der Waals surface area contributed by atoms with Gasteiger partial charge in [0.05, 0.1) is 17.5 Å². The van der Waals surface area contributed by atoms with Crippen molar-refractivity contribution in [2.45, 2.75) is 6.42 Å². The molecule has 3 aromatic rings. The summed E-state index contributed by atoms with van der Waals surface area (Å²) in [7, 11) is 1.56. The number of fused-ring (bicyclic) bond motifs is 1. The van der Waals surface area contributed by atoms with E-state index in [1.165, 1.54) is 24.3 Å². The van der Waals surface area contributed by atoms with Crippen LogP contribution in [-0.4, -0.2) is 29.5 Å². The molecule has 0 unspecified atom stereocenters. The lowest BCUT2D eigenvalue weighted by molar-refractivity contribution is -0.384. The van der Waals surface area contributed by atoms with Crippen LogP contribution in [0.3, 0.4) is 0 Å². The fraction of sp³-hybridized carbons (Fsp3) is 0.158. The van der Waals surface area contributed by atoms with Crippen LogP contribution in [-0.2, 0) is 6.42 Å². The van der Waals surface area contributed by atoms with Crippen LogP contribution in [0, 0.1) is 10.1 Å². The molecule has 0 aliphatic rings. The molecule has 27 heavy (non-hydrogen) atoms. The Kier molecular flexibility index (Phi) is 5.16. The van der Waals surface area contributed by atoms with Gasteiger partial charge in [-0.3, -0.25) is 19.7 Å². The number of aromatic amines is 1. The first kappa shape index (κ1) is 18.1. The van der Waals surface area contributed by atoms with Crippen LogP contribution in [0.5, 0.6) is 5.75 Å². The third kappa shape index (κ3) is 4.12. The Morgan fingerprint density at radius 2 is 1.93 bits per heavy atom. The molecule has 3 rings (SSSR count). The number of rotatable bonds is 6. The number of ether oxygens (including phenoxy) is 1. The van der Waals surface area contributed by atoms with E-state index < -0.39 is 4.92 Å². The highest BCUT2D eigenvalue weighted by Crippen LogP contribution is 2.18. The Balaban J connectivity index is 1.66. The number of pyridine rings is 1. The molecule has 0 aliphatic heterocycles. The van der Waals surface area contributed by atoms with Crippen LogP contribution >= 0.6 is 0 Å². The van der Waals surface area contributed by atoms with Crippen LogP contribution in [0.4, 0.5) is 5.69 Å². The highest BCUT2D eigenvalue weighted by molar-refractivity contribution is 5.94. The molecule has 0 fully saturated rings. The van der Waals surface area contributed by atoms with Crippen molar-refractivity contribution in [1.82, 2.24) is 10.3 Å². The molecule has 0 bridgehead atoms. The molecule has 138 valence electrons. The predicted octanol–water partition coefficient (Wildman–Crippen LogP) is 2.42. The fourth-order valence-electron chi connectivity index (χ4n) is 2.69. The minimum atomic E-state index is -0.525. The number of nitro benzene ring substituents is 1. The van der Waals surface area contributed by atoms with Gasteiger partial charge in [-0.1, -0.05) is 0 Å². The molecular formula is C19H17N3O5. The second kappa shape index (κ2) is 7.69. The molecule has 1 aromatic heterocycles. The first-order chi connectivity index (χ1) is 13.0. The van der Waals surface area contributed by atoms with E-state index in [9.17, 15) is 19.7 Å². The van der Waals surface area contributed by atoms with Gasteiger partial charge in [-0.05, 0) is 42.1 Å². The lowest BCUT2D eigenvalue weighted by atomic mass is 10.1. The van der Waals surface area contributed by atoms with E-state index >= 15 is 0 Å². The van der Waals surface area contributed by atoms with E-state index in [1.807, 2.05) is 6.07 Å². The SMILES string of the molecule is COc1ccc2cc(CCNC(=O)c3ccc([N+](=O)[O-])cc3)c(=O)[nH]c2c1. The number of hydrogen-bond donors (Lipinski definition) is 2. The number of methoxy groups -OCH3 is 1. The standard InChI is InChI=1S/C19H17N3O5/c1-27-16-7-4-13-10-14(19(24)21-17(13)11-16)8-9-20-18(23)12-2-5-15(6-3-12)22(25)26/h2-7,10-11H,8-9H2,1H3,(H,20,23)(H,21,24). The molecule has 1 heterocycles. The van der Waals surface area contributed by atoms with Gasteiger partial charge in [0.1, 0.15) is 5.75 Å². The van der Waals surface area contributed by atoms with E-state index in [1.54, 1.807) is 25.3 Å². The number of nitro groups is 1. The number of benzene rings is 2. The summed E-state index contributed by atoms with van der Waals surface area (Å²) in [5.74, 6) is 0.299. The smallest absolute Gasteiger partial charge is 0.269 e.